The largest absolute Gasteiger partial charge is 0.505 e. The van der Waals surface area contributed by atoms with Crippen molar-refractivity contribution < 1.29 is 70.8 Å². The smallest absolute Gasteiger partial charge is 0.308 e. The number of esters is 3. The van der Waals surface area contributed by atoms with Crippen LogP contribution in [-0.4, -0.2) is 127 Å². The molecule has 0 aliphatic heterocycles. The summed E-state index contributed by atoms with van der Waals surface area (Å²) >= 11 is 0. The first-order valence-corrected chi connectivity index (χ1v) is 25.9. The summed E-state index contributed by atoms with van der Waals surface area (Å²) in [5.74, 6) is 0.572. The minimum atomic E-state index is -3.39. The number of carboxylic acids is 1. The Labute approximate surface area is 406 Å². The molecule has 0 unspecified atom stereocenters. The fourth-order valence-corrected chi connectivity index (χ4v) is 8.98. The van der Waals surface area contributed by atoms with Crippen LogP contribution in [0.15, 0.2) is 37.2 Å². The quantitative estimate of drug-likeness (QED) is 0.106. The van der Waals surface area contributed by atoms with Gasteiger partial charge < -0.3 is 39.0 Å². The van der Waals surface area contributed by atoms with Crippen molar-refractivity contribution in [1.82, 2.24) is 29.3 Å². The SMILES string of the molecule is CCOC(=O)C1CCC(O)CC1.CCOC(=O)C1CCC(OS(C)(=O)=O)CC1.CCOC(=O)C1CCC(Oc2cnn(C)c2)CC1.Cn1cc(O)cn1.Cn1cc(OC2CCC(C(=O)O)CC2)cn1. The number of aliphatic carboxylic acids is 1. The molecule has 69 heavy (non-hydrogen) atoms. The Bertz CT molecular complexity index is 2040. The number of rotatable bonds is 13. The zero-order valence-electron chi connectivity index (χ0n) is 41.4. The summed E-state index contributed by atoms with van der Waals surface area (Å²) in [4.78, 5) is 45.0. The highest BCUT2D eigenvalue weighted by Gasteiger charge is 2.31. The summed E-state index contributed by atoms with van der Waals surface area (Å²) in [6, 6.07) is 0. The third-order valence-corrected chi connectivity index (χ3v) is 12.5. The number of ether oxygens (including phenoxy) is 5. The van der Waals surface area contributed by atoms with Gasteiger partial charge >= 0.3 is 23.9 Å². The van der Waals surface area contributed by atoms with Crippen LogP contribution < -0.4 is 9.47 Å². The van der Waals surface area contributed by atoms with Gasteiger partial charge in [-0.05, 0) is 124 Å². The van der Waals surface area contributed by atoms with Crippen LogP contribution in [0.4, 0.5) is 0 Å². The summed E-state index contributed by atoms with van der Waals surface area (Å²) in [7, 11) is 2.07. The maximum absolute atomic E-state index is 11.6. The van der Waals surface area contributed by atoms with Crippen LogP contribution in [0.25, 0.3) is 0 Å². The van der Waals surface area contributed by atoms with Crippen molar-refractivity contribution in [2.75, 3.05) is 26.1 Å². The second-order valence-corrected chi connectivity index (χ2v) is 19.2. The van der Waals surface area contributed by atoms with Crippen LogP contribution in [0, 0.1) is 23.7 Å². The van der Waals surface area contributed by atoms with Crippen LogP contribution in [0.1, 0.15) is 124 Å². The highest BCUT2D eigenvalue weighted by Crippen LogP contribution is 2.30. The predicted octanol–water partition coefficient (Wildman–Crippen LogP) is 5.67. The lowest BCUT2D eigenvalue weighted by Gasteiger charge is -2.27. The summed E-state index contributed by atoms with van der Waals surface area (Å²) < 4.78 is 58.1. The number of aromatic nitrogens is 6. The molecular formula is C47H76N6O15S. The molecule has 3 N–H and O–H groups in total. The Kier molecular flexibility index (Phi) is 25.6. The number of carbonyl (C=O) groups excluding carboxylic acids is 3. The molecule has 3 aromatic rings. The van der Waals surface area contributed by atoms with Gasteiger partial charge in [0.2, 0.25) is 0 Å². The molecule has 4 aliphatic rings. The van der Waals surface area contributed by atoms with Crippen molar-refractivity contribution in [2.45, 2.75) is 148 Å². The summed E-state index contributed by atoms with van der Waals surface area (Å²) in [5, 5.41) is 38.4. The molecule has 4 saturated carbocycles. The topological polar surface area (TPSA) is 272 Å². The minimum absolute atomic E-state index is 0.0355. The zero-order chi connectivity index (χ0) is 50.9. The van der Waals surface area contributed by atoms with Gasteiger partial charge in [-0.1, -0.05) is 0 Å². The van der Waals surface area contributed by atoms with Crippen molar-refractivity contribution in [3.05, 3.63) is 37.2 Å². The monoisotopic (exact) mass is 997 g/mol. The molecule has 21 nitrogen and oxygen atoms in total. The number of aliphatic hydroxyl groups is 1. The second kappa shape index (κ2) is 30.4. The van der Waals surface area contributed by atoms with Gasteiger partial charge in [-0.15, -0.1) is 0 Å². The van der Waals surface area contributed by atoms with Gasteiger partial charge in [0.1, 0.15) is 0 Å². The molecule has 0 saturated heterocycles. The molecule has 4 aliphatic carbocycles. The van der Waals surface area contributed by atoms with Gasteiger partial charge in [-0.3, -0.25) is 37.4 Å². The van der Waals surface area contributed by atoms with Crippen molar-refractivity contribution in [2.24, 2.45) is 44.8 Å². The number of aryl methyl sites for hydroxylation is 3. The molecule has 22 heteroatoms. The third kappa shape index (κ3) is 23.3. The lowest BCUT2D eigenvalue weighted by atomic mass is 9.87. The van der Waals surface area contributed by atoms with Gasteiger partial charge in [-0.2, -0.15) is 23.7 Å². The number of hydrogen-bond donors (Lipinski definition) is 3. The van der Waals surface area contributed by atoms with Gasteiger partial charge in [0, 0.05) is 21.1 Å². The average Bonchev–Trinajstić information content (AvgIpc) is 4.04. The number of hydrogen-bond acceptors (Lipinski definition) is 17. The van der Waals surface area contributed by atoms with E-state index in [9.17, 15) is 32.7 Å². The highest BCUT2D eigenvalue weighted by molar-refractivity contribution is 7.86. The van der Waals surface area contributed by atoms with Gasteiger partial charge in [0.15, 0.2) is 17.2 Å². The van der Waals surface area contributed by atoms with E-state index in [1.165, 1.54) is 17.1 Å². The van der Waals surface area contributed by atoms with Crippen molar-refractivity contribution >= 4 is 34.0 Å². The predicted molar refractivity (Wildman–Crippen MR) is 251 cm³/mol. The van der Waals surface area contributed by atoms with E-state index in [0.717, 1.165) is 82.0 Å². The van der Waals surface area contributed by atoms with E-state index >= 15 is 0 Å². The molecule has 390 valence electrons. The van der Waals surface area contributed by atoms with Crippen LogP contribution in [-0.2, 0) is 68.8 Å². The summed E-state index contributed by atoms with van der Waals surface area (Å²) in [6.45, 7) is 6.74. The van der Waals surface area contributed by atoms with Crippen LogP contribution in [0.2, 0.25) is 0 Å². The normalized spacial score (nSPS) is 24.3. The Morgan fingerprint density at radius 3 is 1.16 bits per heavy atom. The Morgan fingerprint density at radius 1 is 0.551 bits per heavy atom. The van der Waals surface area contributed by atoms with Crippen molar-refractivity contribution in [3.63, 3.8) is 0 Å². The van der Waals surface area contributed by atoms with E-state index in [0.29, 0.717) is 58.3 Å². The number of carboxylic acid groups (broad SMARTS) is 1. The fraction of sp³-hybridized carbons (Fsp3) is 0.723. The average molecular weight is 997 g/mol. The van der Waals surface area contributed by atoms with E-state index in [1.807, 2.05) is 40.3 Å². The maximum atomic E-state index is 11.6. The molecule has 4 fully saturated rings. The number of aromatic hydroxyl groups is 1. The van der Waals surface area contributed by atoms with Crippen LogP contribution in [0.5, 0.6) is 17.2 Å². The molecule has 3 aromatic heterocycles. The Hall–Kier alpha value is -5.22. The molecule has 0 spiro atoms. The molecule has 0 radical (unpaired) electrons. The maximum Gasteiger partial charge on any atom is 0.308 e. The molecule has 7 rings (SSSR count). The Balaban J connectivity index is 0.000000234. The number of nitrogens with zero attached hydrogens (tertiary/aromatic N) is 6. The Morgan fingerprint density at radius 2 is 0.884 bits per heavy atom. The van der Waals surface area contributed by atoms with E-state index in [1.54, 1.807) is 35.7 Å². The van der Waals surface area contributed by atoms with Crippen LogP contribution >= 0.6 is 0 Å². The molecule has 3 heterocycles. The standard InChI is InChI=1S/C13H20N2O3.C11H16N2O3.C10H18O5S.C9H16O3.C4H6N2O/c1-3-17-13(16)10-4-6-11(7-5-10)18-12-8-14-15(2)9-12;1-13-7-10(6-12-13)16-9-4-2-8(3-5-9)11(14)15;1-3-14-10(11)8-4-6-9(7-5-8)15-16(2,12)13;1-2-12-9(11)7-3-5-8(10)6-4-7;1-6-3-4(7)2-5-6/h8-11H,3-7H2,1-2H3;6-9H,2-5H2,1H3,(H,14,15);8-9H,3-7H2,1-2H3;7-8,10H,2-6H2,1H3;2-3,7H,1H3. The van der Waals surface area contributed by atoms with E-state index in [2.05, 4.69) is 15.3 Å². The van der Waals surface area contributed by atoms with Gasteiger partial charge in [-0.25, -0.2) is 0 Å². The first-order valence-electron chi connectivity index (χ1n) is 24.1. The van der Waals surface area contributed by atoms with Gasteiger partial charge in [0.25, 0.3) is 10.1 Å². The molecule has 0 amide bonds. The molecular weight excluding hydrogens is 921 g/mol. The first kappa shape index (κ1) is 58.1. The number of carbonyl (C=O) groups is 4. The van der Waals surface area contributed by atoms with Crippen LogP contribution in [0.3, 0.4) is 0 Å². The first-order chi connectivity index (χ1) is 32.8. The molecule has 0 atom stereocenters. The highest BCUT2D eigenvalue weighted by atomic mass is 32.2. The minimum Gasteiger partial charge on any atom is -0.505 e. The third-order valence-electron chi connectivity index (χ3n) is 11.9. The summed E-state index contributed by atoms with van der Waals surface area (Å²) in [5.41, 5.74) is 0. The van der Waals surface area contributed by atoms with E-state index < -0.39 is 16.1 Å². The van der Waals surface area contributed by atoms with E-state index in [-0.39, 0.29) is 71.7 Å². The number of aliphatic hydroxyl groups excluding tert-OH is 1. The van der Waals surface area contributed by atoms with Crippen molar-refractivity contribution in [1.29, 1.82) is 0 Å². The zero-order valence-corrected chi connectivity index (χ0v) is 42.2. The molecule has 0 aromatic carbocycles. The second-order valence-electron chi connectivity index (χ2n) is 17.6. The fourth-order valence-electron chi connectivity index (χ4n) is 8.29. The molecule has 0 bridgehead atoms. The summed E-state index contributed by atoms with van der Waals surface area (Å²) in [6.07, 6.45) is 22.9. The van der Waals surface area contributed by atoms with Crippen molar-refractivity contribution in [3.8, 4) is 17.2 Å². The van der Waals surface area contributed by atoms with Gasteiger partial charge in [0.05, 0.1) is 111 Å². The lowest BCUT2D eigenvalue weighted by Crippen LogP contribution is -2.29. The lowest BCUT2D eigenvalue weighted by molar-refractivity contribution is -0.150. The van der Waals surface area contributed by atoms with E-state index in [4.69, 9.17) is 38.1 Å².